The second-order valence-electron chi connectivity index (χ2n) is 22.9. The van der Waals surface area contributed by atoms with Crippen LogP contribution in [0.3, 0.4) is 0 Å². The number of aliphatic hydroxyl groups excluding tert-OH is 9. The van der Waals surface area contributed by atoms with E-state index in [2.05, 4.69) is 40.7 Å². The number of allylic oxidation sites excluding steroid dienone is 2. The summed E-state index contributed by atoms with van der Waals surface area (Å²) in [5.41, 5.74) is -0.704. The SMILES string of the molecule is C[C@@H]1O[C@@H](O[C@H]2[C@H](O[C@H]3CC[C@@]4(C)C(CC[C@]5(C)C4CC=C4C6CC(C)(C)CC[C@]6(C(=O)O)CC[C@]45C)[C@]3(C)CO)OC[C@H](O[C@@H]3O[C@H](CO)[C@@H](O)[C@H](O)[C@H]3O)[C@@H]2O)[C@H](O)[C@H](O)[C@H]1O. The topological polar surface area (TPSA) is 275 Å². The molecule has 0 aromatic carbocycles. The molecule has 0 aromatic heterocycles. The van der Waals surface area contributed by atoms with Crippen LogP contribution in [0.2, 0.25) is 0 Å². The Balaban J connectivity index is 1.05. The summed E-state index contributed by atoms with van der Waals surface area (Å²) in [6.07, 6.45) is -11.7. The van der Waals surface area contributed by atoms with Gasteiger partial charge in [-0.1, -0.05) is 53.2 Å². The van der Waals surface area contributed by atoms with Crippen molar-refractivity contribution in [2.75, 3.05) is 19.8 Å². The minimum absolute atomic E-state index is 0.00757. The highest BCUT2D eigenvalue weighted by atomic mass is 16.8. The van der Waals surface area contributed by atoms with Gasteiger partial charge in [0.15, 0.2) is 18.9 Å². The molecule has 3 heterocycles. The molecule has 7 fully saturated rings. The molecular weight excluding hydrogens is 837 g/mol. The Morgan fingerprint density at radius 1 is 0.719 bits per heavy atom. The van der Waals surface area contributed by atoms with Gasteiger partial charge < -0.3 is 79.5 Å². The Bertz CT molecular complexity index is 1750. The lowest BCUT2D eigenvalue weighted by molar-refractivity contribution is -0.381. The molecule has 5 aliphatic carbocycles. The van der Waals surface area contributed by atoms with Crippen LogP contribution in [-0.2, 0) is 33.2 Å². The van der Waals surface area contributed by atoms with Crippen LogP contribution >= 0.6 is 0 Å². The summed E-state index contributed by atoms with van der Waals surface area (Å²) in [6, 6.07) is 0. The molecular formula is C47H76O17. The van der Waals surface area contributed by atoms with E-state index in [1.165, 1.54) is 12.5 Å². The van der Waals surface area contributed by atoms with Gasteiger partial charge in [-0.05, 0) is 111 Å². The fourth-order valence-electron chi connectivity index (χ4n) is 14.8. The average molecular weight is 913 g/mol. The first kappa shape index (κ1) is 49.0. The standard InChI is InChI=1S/C47H76O17/c1-22-30(50)33(53)35(55)38(60-22)64-37-32(52)26(62-39-36(56)34(54)31(51)25(19-48)61-39)20-59-40(37)63-29-11-12-43(4)27(44(29,5)21-49)10-13-46(7)28(43)9-8-23-24-18-42(2,3)14-16-47(24,41(57)58)17-15-45(23,46)6/h8,22,24-40,48-56H,9-21H2,1-7H3,(H,57,58)/t22-,24?,25+,26-,27?,28?,29-,30-,31+,32-,33+,34-,35+,36+,37+,38-,39-,40-,43-,44-,45+,46+,47-/m0/s1. The Morgan fingerprint density at radius 2 is 1.38 bits per heavy atom. The van der Waals surface area contributed by atoms with Gasteiger partial charge in [-0.2, -0.15) is 0 Å². The molecule has 8 rings (SSSR count). The number of hydrogen-bond acceptors (Lipinski definition) is 16. The van der Waals surface area contributed by atoms with Crippen molar-refractivity contribution in [2.24, 2.45) is 50.2 Å². The number of carboxylic acids is 1. The first-order valence-corrected chi connectivity index (χ1v) is 23.7. The first-order valence-electron chi connectivity index (χ1n) is 23.7. The van der Waals surface area contributed by atoms with E-state index in [0.717, 1.165) is 44.9 Å². The number of fused-ring (bicyclic) bond motifs is 7. The highest BCUT2D eigenvalue weighted by Crippen LogP contribution is 2.76. The van der Waals surface area contributed by atoms with Crippen molar-refractivity contribution in [1.82, 2.24) is 0 Å². The van der Waals surface area contributed by atoms with Gasteiger partial charge in [0, 0.05) is 5.41 Å². The molecule has 17 nitrogen and oxygen atoms in total. The van der Waals surface area contributed by atoms with Crippen molar-refractivity contribution in [3.05, 3.63) is 11.6 Å². The van der Waals surface area contributed by atoms with Crippen LogP contribution < -0.4 is 0 Å². The summed E-state index contributed by atoms with van der Waals surface area (Å²) in [5, 5.41) is 108. The number of aliphatic hydroxyl groups is 9. The van der Waals surface area contributed by atoms with Crippen LogP contribution in [-0.4, -0.2) is 169 Å². The van der Waals surface area contributed by atoms with Gasteiger partial charge in [0.1, 0.15) is 61.0 Å². The van der Waals surface area contributed by atoms with Crippen LogP contribution in [0.5, 0.6) is 0 Å². The second-order valence-corrected chi connectivity index (χ2v) is 22.9. The molecule has 4 saturated carbocycles. The van der Waals surface area contributed by atoms with Crippen LogP contribution in [0, 0.1) is 50.2 Å². The van der Waals surface area contributed by atoms with Gasteiger partial charge in [0.2, 0.25) is 0 Å². The first-order chi connectivity index (χ1) is 29.9. The lowest BCUT2D eigenvalue weighted by atomic mass is 9.33. The number of ether oxygens (including phenoxy) is 6. The molecule has 10 N–H and O–H groups in total. The quantitative estimate of drug-likeness (QED) is 0.116. The third kappa shape index (κ3) is 7.49. The van der Waals surface area contributed by atoms with E-state index < -0.39 is 116 Å². The monoisotopic (exact) mass is 913 g/mol. The zero-order valence-electron chi connectivity index (χ0n) is 38.5. The Hall–Kier alpha value is -1.39. The normalized spacial score (nSPS) is 55.0. The Labute approximate surface area is 376 Å². The minimum Gasteiger partial charge on any atom is -0.481 e. The zero-order chi connectivity index (χ0) is 46.7. The minimum atomic E-state index is -1.77. The van der Waals surface area contributed by atoms with Crippen molar-refractivity contribution in [2.45, 2.75) is 205 Å². The predicted octanol–water partition coefficient (Wildman–Crippen LogP) is 1.35. The zero-order valence-corrected chi connectivity index (χ0v) is 38.5. The van der Waals surface area contributed by atoms with Gasteiger partial charge >= 0.3 is 5.97 Å². The lowest BCUT2D eigenvalue weighted by Crippen LogP contribution is -2.67. The molecule has 0 amide bonds. The summed E-state index contributed by atoms with van der Waals surface area (Å²) < 4.78 is 36.5. The number of aliphatic carboxylic acids is 1. The number of rotatable bonds is 9. The molecule has 3 saturated heterocycles. The Morgan fingerprint density at radius 3 is 2.03 bits per heavy atom. The van der Waals surface area contributed by atoms with Gasteiger partial charge in [-0.3, -0.25) is 4.79 Å². The van der Waals surface area contributed by atoms with Crippen LogP contribution in [0.4, 0.5) is 0 Å². The van der Waals surface area contributed by atoms with Crippen LogP contribution in [0.1, 0.15) is 113 Å². The van der Waals surface area contributed by atoms with E-state index in [9.17, 15) is 55.9 Å². The summed E-state index contributed by atoms with van der Waals surface area (Å²) >= 11 is 0. The molecule has 23 atom stereocenters. The van der Waals surface area contributed by atoms with Gasteiger partial charge in [-0.15, -0.1) is 0 Å². The van der Waals surface area contributed by atoms with E-state index in [1.807, 2.05) is 6.92 Å². The number of hydrogen-bond donors (Lipinski definition) is 10. The van der Waals surface area contributed by atoms with Gasteiger partial charge in [-0.25, -0.2) is 0 Å². The van der Waals surface area contributed by atoms with Crippen molar-refractivity contribution in [1.29, 1.82) is 0 Å². The molecule has 0 bridgehead atoms. The van der Waals surface area contributed by atoms with E-state index in [1.54, 1.807) is 0 Å². The van der Waals surface area contributed by atoms with Crippen molar-refractivity contribution in [3.63, 3.8) is 0 Å². The van der Waals surface area contributed by atoms with E-state index in [-0.39, 0.29) is 52.6 Å². The predicted molar refractivity (Wildman–Crippen MR) is 225 cm³/mol. The molecule has 0 radical (unpaired) electrons. The molecule has 0 spiro atoms. The fraction of sp³-hybridized carbons (Fsp3) is 0.936. The maximum absolute atomic E-state index is 13.1. The highest BCUT2D eigenvalue weighted by molar-refractivity contribution is 5.76. The maximum atomic E-state index is 13.1. The third-order valence-corrected chi connectivity index (χ3v) is 19.1. The van der Waals surface area contributed by atoms with Gasteiger partial charge in [0.25, 0.3) is 0 Å². The molecule has 8 aliphatic rings. The lowest BCUT2D eigenvalue weighted by Gasteiger charge is -2.71. The highest BCUT2D eigenvalue weighted by Gasteiger charge is 2.70. The summed E-state index contributed by atoms with van der Waals surface area (Å²) in [5.74, 6) is -0.441. The van der Waals surface area contributed by atoms with Crippen molar-refractivity contribution < 1.29 is 84.3 Å². The van der Waals surface area contributed by atoms with E-state index in [0.29, 0.717) is 19.3 Å². The fourth-order valence-corrected chi connectivity index (χ4v) is 14.8. The van der Waals surface area contributed by atoms with E-state index in [4.69, 9.17) is 28.4 Å². The molecule has 3 aliphatic heterocycles. The second kappa shape index (κ2) is 17.2. The summed E-state index contributed by atoms with van der Waals surface area (Å²) in [7, 11) is 0. The van der Waals surface area contributed by atoms with Crippen LogP contribution in [0.15, 0.2) is 11.6 Å². The molecule has 64 heavy (non-hydrogen) atoms. The Kier molecular flexibility index (Phi) is 13.2. The van der Waals surface area contributed by atoms with Crippen LogP contribution in [0.25, 0.3) is 0 Å². The van der Waals surface area contributed by atoms with Crippen molar-refractivity contribution >= 4 is 5.97 Å². The molecule has 3 unspecified atom stereocenters. The molecule has 366 valence electrons. The molecule has 0 aromatic rings. The van der Waals surface area contributed by atoms with Gasteiger partial charge in [0.05, 0.1) is 37.4 Å². The maximum Gasteiger partial charge on any atom is 0.310 e. The largest absolute Gasteiger partial charge is 0.481 e. The third-order valence-electron chi connectivity index (χ3n) is 19.1. The average Bonchev–Trinajstić information content (AvgIpc) is 3.24. The number of carbonyl (C=O) groups is 1. The van der Waals surface area contributed by atoms with E-state index >= 15 is 0 Å². The molecule has 17 heteroatoms. The summed E-state index contributed by atoms with van der Waals surface area (Å²) in [6.45, 7) is 14.0. The smallest absolute Gasteiger partial charge is 0.310 e. The summed E-state index contributed by atoms with van der Waals surface area (Å²) in [4.78, 5) is 13.1. The number of carboxylic acid groups (broad SMARTS) is 1. The van der Waals surface area contributed by atoms with Crippen molar-refractivity contribution in [3.8, 4) is 0 Å².